The van der Waals surface area contributed by atoms with Gasteiger partial charge in [0.1, 0.15) is 0 Å². The molecule has 0 saturated carbocycles. The van der Waals surface area contributed by atoms with Crippen LogP contribution in [0.25, 0.3) is 5.69 Å². The van der Waals surface area contributed by atoms with Gasteiger partial charge in [0, 0.05) is 11.8 Å². The summed E-state index contributed by atoms with van der Waals surface area (Å²) >= 11 is 3.57. The van der Waals surface area contributed by atoms with Crippen molar-refractivity contribution in [1.82, 2.24) is 14.5 Å². The minimum absolute atomic E-state index is 0.152. The quantitative estimate of drug-likeness (QED) is 0.358. The SMILES string of the molecule is CCOC(=O)Oc1cn2c(n1)C(Br)N=C(c1ccccn1)c1ccccc1-2. The Morgan fingerprint density at radius 1 is 1.22 bits per heavy atom. The number of para-hydroxylation sites is 1. The fourth-order valence-electron chi connectivity index (χ4n) is 2.85. The van der Waals surface area contributed by atoms with Crippen LogP contribution in [0.3, 0.4) is 0 Å². The summed E-state index contributed by atoms with van der Waals surface area (Å²) in [5.74, 6) is 0.742. The Morgan fingerprint density at radius 3 is 2.81 bits per heavy atom. The highest BCUT2D eigenvalue weighted by atomic mass is 79.9. The van der Waals surface area contributed by atoms with Crippen molar-refractivity contribution in [1.29, 1.82) is 0 Å². The Morgan fingerprint density at radius 2 is 2.04 bits per heavy atom. The number of imidazole rings is 1. The van der Waals surface area contributed by atoms with E-state index in [0.29, 0.717) is 5.82 Å². The standard InChI is InChI=1S/C19H15BrN4O3/c1-2-26-19(25)27-15-11-24-14-9-4-3-7-12(14)16(13-8-5-6-10-21-13)23-17(20)18(24)22-15/h3-11,17H,2H2,1H3. The Hall–Kier alpha value is -3.00. The van der Waals surface area contributed by atoms with Gasteiger partial charge < -0.3 is 9.47 Å². The zero-order valence-corrected chi connectivity index (χ0v) is 16.0. The summed E-state index contributed by atoms with van der Waals surface area (Å²) in [5, 5.41) is 0. The van der Waals surface area contributed by atoms with E-state index in [9.17, 15) is 4.79 Å². The van der Waals surface area contributed by atoms with Crippen LogP contribution in [0, 0.1) is 0 Å². The molecule has 0 bridgehead atoms. The maximum absolute atomic E-state index is 11.6. The molecule has 4 rings (SSSR count). The van der Waals surface area contributed by atoms with Crippen molar-refractivity contribution in [2.75, 3.05) is 6.61 Å². The van der Waals surface area contributed by atoms with Gasteiger partial charge in [-0.1, -0.05) is 40.2 Å². The molecule has 3 heterocycles. The Kier molecular flexibility index (Phi) is 4.72. The predicted octanol–water partition coefficient (Wildman–Crippen LogP) is 4.05. The van der Waals surface area contributed by atoms with Crippen molar-refractivity contribution in [3.05, 3.63) is 71.9 Å². The largest absolute Gasteiger partial charge is 0.515 e. The van der Waals surface area contributed by atoms with Gasteiger partial charge in [-0.05, 0) is 25.1 Å². The van der Waals surface area contributed by atoms with Crippen molar-refractivity contribution < 1.29 is 14.3 Å². The van der Waals surface area contributed by atoms with Crippen LogP contribution in [0.2, 0.25) is 0 Å². The first-order valence-corrected chi connectivity index (χ1v) is 9.26. The number of rotatable bonds is 3. The number of aromatic nitrogens is 3. The number of carbonyl (C=O) groups excluding carboxylic acids is 1. The second-order valence-electron chi connectivity index (χ2n) is 5.64. The molecule has 0 radical (unpaired) electrons. The minimum atomic E-state index is -0.789. The van der Waals surface area contributed by atoms with E-state index in [1.54, 1.807) is 19.3 Å². The average molecular weight is 427 g/mol. The van der Waals surface area contributed by atoms with Crippen LogP contribution >= 0.6 is 15.9 Å². The molecule has 1 unspecified atom stereocenters. The van der Waals surface area contributed by atoms with Crippen LogP contribution in [-0.4, -0.2) is 33.0 Å². The maximum Gasteiger partial charge on any atom is 0.515 e. The molecule has 1 aliphatic rings. The Balaban J connectivity index is 1.82. The third-order valence-electron chi connectivity index (χ3n) is 3.94. The zero-order valence-electron chi connectivity index (χ0n) is 14.4. The van der Waals surface area contributed by atoms with E-state index in [-0.39, 0.29) is 12.5 Å². The number of hydrogen-bond acceptors (Lipinski definition) is 6. The summed E-state index contributed by atoms with van der Waals surface area (Å²) in [6, 6.07) is 13.5. The third kappa shape index (κ3) is 3.35. The minimum Gasteiger partial charge on any atom is -0.434 e. The van der Waals surface area contributed by atoms with Crippen molar-refractivity contribution in [2.24, 2.45) is 4.99 Å². The van der Waals surface area contributed by atoms with Gasteiger partial charge in [0.25, 0.3) is 0 Å². The zero-order chi connectivity index (χ0) is 18.8. The van der Waals surface area contributed by atoms with Crippen LogP contribution in [-0.2, 0) is 4.74 Å². The number of halogens is 1. The molecular weight excluding hydrogens is 412 g/mol. The number of nitrogens with zero attached hydrogens (tertiary/aromatic N) is 4. The monoisotopic (exact) mass is 426 g/mol. The van der Waals surface area contributed by atoms with Crippen LogP contribution < -0.4 is 4.74 Å². The van der Waals surface area contributed by atoms with E-state index in [1.165, 1.54) is 0 Å². The number of aliphatic imine (C=N–C) groups is 1. The molecular formula is C19H15BrN4O3. The van der Waals surface area contributed by atoms with Crippen molar-refractivity contribution in [3.63, 3.8) is 0 Å². The predicted molar refractivity (Wildman–Crippen MR) is 103 cm³/mol. The lowest BCUT2D eigenvalue weighted by Crippen LogP contribution is -2.10. The normalized spacial score (nSPS) is 15.2. The first kappa shape index (κ1) is 17.4. The summed E-state index contributed by atoms with van der Waals surface area (Å²) in [4.78, 5) is 24.8. The molecule has 8 heteroatoms. The van der Waals surface area contributed by atoms with Crippen LogP contribution in [0.1, 0.15) is 29.0 Å². The van der Waals surface area contributed by atoms with Crippen molar-refractivity contribution in [3.8, 4) is 11.6 Å². The summed E-state index contributed by atoms with van der Waals surface area (Å²) in [7, 11) is 0. The lowest BCUT2D eigenvalue weighted by molar-refractivity contribution is 0.103. The number of pyridine rings is 1. The van der Waals surface area contributed by atoms with E-state index in [0.717, 1.165) is 22.7 Å². The Bertz CT molecular complexity index is 1020. The van der Waals surface area contributed by atoms with Gasteiger partial charge in [-0.15, -0.1) is 0 Å². The number of ether oxygens (including phenoxy) is 2. The van der Waals surface area contributed by atoms with E-state index in [1.807, 2.05) is 47.0 Å². The lowest BCUT2D eigenvalue weighted by Gasteiger charge is -2.10. The number of alkyl halides is 1. The molecule has 136 valence electrons. The molecule has 0 amide bonds. The molecule has 1 aromatic carbocycles. The smallest absolute Gasteiger partial charge is 0.434 e. The van der Waals surface area contributed by atoms with Crippen LogP contribution in [0.4, 0.5) is 4.79 Å². The highest BCUT2D eigenvalue weighted by Gasteiger charge is 2.26. The number of benzene rings is 1. The number of hydrogen-bond donors (Lipinski definition) is 0. The Labute approximate surface area is 163 Å². The van der Waals surface area contributed by atoms with Gasteiger partial charge in [0.05, 0.1) is 29.9 Å². The molecule has 0 saturated heterocycles. The molecule has 0 N–H and O–H groups in total. The first-order chi connectivity index (χ1) is 13.2. The van der Waals surface area contributed by atoms with Crippen molar-refractivity contribution in [2.45, 2.75) is 11.9 Å². The maximum atomic E-state index is 11.6. The van der Waals surface area contributed by atoms with Gasteiger partial charge in [0.15, 0.2) is 10.8 Å². The van der Waals surface area contributed by atoms with Crippen LogP contribution in [0.5, 0.6) is 5.88 Å². The fraction of sp³-hybridized carbons (Fsp3) is 0.158. The molecule has 0 fully saturated rings. The molecule has 0 aliphatic carbocycles. The van der Waals surface area contributed by atoms with E-state index in [2.05, 4.69) is 25.9 Å². The highest BCUT2D eigenvalue weighted by Crippen LogP contribution is 2.34. The molecule has 1 atom stereocenters. The summed E-state index contributed by atoms with van der Waals surface area (Å²) < 4.78 is 11.8. The molecule has 27 heavy (non-hydrogen) atoms. The summed E-state index contributed by atoms with van der Waals surface area (Å²) in [5.41, 5.74) is 3.29. The number of fused-ring (bicyclic) bond motifs is 3. The second kappa shape index (κ2) is 7.32. The molecule has 0 spiro atoms. The van der Waals surface area contributed by atoms with E-state index >= 15 is 0 Å². The summed E-state index contributed by atoms with van der Waals surface area (Å²) in [6.07, 6.45) is 2.59. The van der Waals surface area contributed by atoms with Crippen molar-refractivity contribution >= 4 is 27.8 Å². The second-order valence-corrected chi connectivity index (χ2v) is 6.51. The average Bonchev–Trinajstić information content (AvgIpc) is 3.06. The fourth-order valence-corrected chi connectivity index (χ4v) is 3.37. The molecule has 3 aromatic rings. The van der Waals surface area contributed by atoms with Gasteiger partial charge in [-0.25, -0.2) is 4.79 Å². The molecule has 1 aliphatic heterocycles. The van der Waals surface area contributed by atoms with E-state index in [4.69, 9.17) is 14.5 Å². The summed E-state index contributed by atoms with van der Waals surface area (Å²) in [6.45, 7) is 1.94. The van der Waals surface area contributed by atoms with Gasteiger partial charge in [0.2, 0.25) is 5.88 Å². The first-order valence-electron chi connectivity index (χ1n) is 8.34. The molecule has 7 nitrogen and oxygen atoms in total. The highest BCUT2D eigenvalue weighted by molar-refractivity contribution is 9.09. The van der Waals surface area contributed by atoms with Crippen LogP contribution in [0.15, 0.2) is 59.9 Å². The topological polar surface area (TPSA) is 78.6 Å². The molecule has 2 aromatic heterocycles. The van der Waals surface area contributed by atoms with Gasteiger partial charge in [-0.2, -0.15) is 4.98 Å². The number of carbonyl (C=O) groups is 1. The lowest BCUT2D eigenvalue weighted by atomic mass is 10.0. The van der Waals surface area contributed by atoms with Gasteiger partial charge >= 0.3 is 6.16 Å². The van der Waals surface area contributed by atoms with Gasteiger partial charge in [-0.3, -0.25) is 14.5 Å². The third-order valence-corrected chi connectivity index (χ3v) is 4.56. The van der Waals surface area contributed by atoms with E-state index < -0.39 is 11.1 Å².